The summed E-state index contributed by atoms with van der Waals surface area (Å²) in [5.74, 6) is 0.401. The predicted molar refractivity (Wildman–Crippen MR) is 86.2 cm³/mol. The van der Waals surface area contributed by atoms with Crippen LogP contribution >= 0.6 is 0 Å². The summed E-state index contributed by atoms with van der Waals surface area (Å²) in [6.07, 6.45) is 4.46. The van der Waals surface area contributed by atoms with Crippen molar-refractivity contribution in [2.75, 3.05) is 26.7 Å². The van der Waals surface area contributed by atoms with Crippen LogP contribution in [0.4, 0.5) is 4.79 Å². The van der Waals surface area contributed by atoms with Crippen LogP contribution < -0.4 is 0 Å². The maximum absolute atomic E-state index is 12.2. The Hall–Kier alpha value is -1.98. The van der Waals surface area contributed by atoms with E-state index in [4.69, 9.17) is 9.15 Å². The van der Waals surface area contributed by atoms with Crippen LogP contribution in [0.15, 0.2) is 23.0 Å². The molecule has 1 aromatic rings. The van der Waals surface area contributed by atoms with Crippen molar-refractivity contribution in [3.8, 4) is 0 Å². The van der Waals surface area contributed by atoms with Gasteiger partial charge in [-0.1, -0.05) is 0 Å². The molecule has 0 spiro atoms. The molecular formula is C17H26N2O4. The summed E-state index contributed by atoms with van der Waals surface area (Å²) in [6, 6.07) is 1.69. The van der Waals surface area contributed by atoms with E-state index in [0.717, 1.165) is 12.8 Å². The average molecular weight is 322 g/mol. The molecule has 1 aromatic heterocycles. The first-order valence-electron chi connectivity index (χ1n) is 8.02. The van der Waals surface area contributed by atoms with E-state index in [2.05, 4.69) is 0 Å². The molecular weight excluding hydrogens is 296 g/mol. The number of carbonyl (C=O) groups is 2. The van der Waals surface area contributed by atoms with Crippen LogP contribution in [0.5, 0.6) is 0 Å². The molecule has 0 unspecified atom stereocenters. The minimum absolute atomic E-state index is 0.0118. The number of likely N-dealkylation sites (tertiary alicyclic amines) is 1. The van der Waals surface area contributed by atoms with Gasteiger partial charge < -0.3 is 19.0 Å². The molecule has 0 aliphatic carbocycles. The first-order valence-corrected chi connectivity index (χ1v) is 8.02. The monoisotopic (exact) mass is 322 g/mol. The highest BCUT2D eigenvalue weighted by Gasteiger charge is 2.27. The minimum atomic E-state index is -0.480. The van der Waals surface area contributed by atoms with Gasteiger partial charge in [0.25, 0.3) is 5.91 Å². The van der Waals surface area contributed by atoms with Crippen LogP contribution in [-0.4, -0.2) is 54.1 Å². The molecule has 1 aliphatic rings. The van der Waals surface area contributed by atoms with Gasteiger partial charge in [0, 0.05) is 26.7 Å². The Balaban J connectivity index is 1.78. The molecule has 0 radical (unpaired) electrons. The van der Waals surface area contributed by atoms with E-state index in [1.54, 1.807) is 18.0 Å². The lowest BCUT2D eigenvalue weighted by atomic mass is 9.96. The number of rotatable bonds is 3. The third kappa shape index (κ3) is 5.01. The fraction of sp³-hybridized carbons (Fsp3) is 0.647. The van der Waals surface area contributed by atoms with E-state index in [-0.39, 0.29) is 12.0 Å². The fourth-order valence-electron chi connectivity index (χ4n) is 2.69. The van der Waals surface area contributed by atoms with E-state index in [1.807, 2.05) is 25.7 Å². The molecule has 6 heteroatoms. The van der Waals surface area contributed by atoms with E-state index in [0.29, 0.717) is 31.1 Å². The second-order valence-electron chi connectivity index (χ2n) is 7.11. The van der Waals surface area contributed by atoms with Gasteiger partial charge in [0.2, 0.25) is 0 Å². The zero-order valence-electron chi connectivity index (χ0n) is 14.4. The standard InChI is InChI=1S/C17H26N2O4/c1-17(2,3)23-16(21)18(4)11-13-5-8-19(9-6-13)15(20)14-7-10-22-12-14/h7,10,12-13H,5-6,8-9,11H2,1-4H3. The Labute approximate surface area is 137 Å². The molecule has 0 aromatic carbocycles. The zero-order chi connectivity index (χ0) is 17.0. The summed E-state index contributed by atoms with van der Waals surface area (Å²) in [5, 5.41) is 0. The van der Waals surface area contributed by atoms with Gasteiger partial charge >= 0.3 is 6.09 Å². The Morgan fingerprint density at radius 3 is 2.52 bits per heavy atom. The van der Waals surface area contributed by atoms with E-state index in [9.17, 15) is 9.59 Å². The maximum atomic E-state index is 12.2. The molecule has 23 heavy (non-hydrogen) atoms. The van der Waals surface area contributed by atoms with E-state index < -0.39 is 5.60 Å². The summed E-state index contributed by atoms with van der Waals surface area (Å²) in [6.45, 7) is 7.65. The first kappa shape index (κ1) is 17.4. The Morgan fingerprint density at radius 2 is 2.00 bits per heavy atom. The number of ether oxygens (including phenoxy) is 1. The molecule has 2 rings (SSSR count). The summed E-state index contributed by atoms with van der Waals surface area (Å²) in [7, 11) is 1.76. The topological polar surface area (TPSA) is 63.0 Å². The van der Waals surface area contributed by atoms with Crippen molar-refractivity contribution in [2.45, 2.75) is 39.2 Å². The normalized spacial score (nSPS) is 16.3. The number of nitrogens with zero attached hydrogens (tertiary/aromatic N) is 2. The van der Waals surface area contributed by atoms with Crippen LogP contribution in [0.1, 0.15) is 44.0 Å². The highest BCUT2D eigenvalue weighted by atomic mass is 16.6. The number of hydrogen-bond donors (Lipinski definition) is 0. The summed E-state index contributed by atoms with van der Waals surface area (Å²) in [4.78, 5) is 27.7. The first-order chi connectivity index (χ1) is 10.8. The highest BCUT2D eigenvalue weighted by Crippen LogP contribution is 2.21. The van der Waals surface area contributed by atoms with Crippen molar-refractivity contribution in [3.05, 3.63) is 24.2 Å². The fourth-order valence-corrected chi connectivity index (χ4v) is 2.69. The third-order valence-corrected chi connectivity index (χ3v) is 3.91. The maximum Gasteiger partial charge on any atom is 0.410 e. The number of amides is 2. The molecule has 0 bridgehead atoms. The van der Waals surface area contributed by atoms with E-state index >= 15 is 0 Å². The molecule has 2 heterocycles. The van der Waals surface area contributed by atoms with E-state index in [1.165, 1.54) is 12.5 Å². The van der Waals surface area contributed by atoms with Gasteiger partial charge in [-0.05, 0) is 45.6 Å². The van der Waals surface area contributed by atoms with Gasteiger partial charge in [0.1, 0.15) is 11.9 Å². The minimum Gasteiger partial charge on any atom is -0.472 e. The second-order valence-corrected chi connectivity index (χ2v) is 7.11. The summed E-state index contributed by atoms with van der Waals surface area (Å²) >= 11 is 0. The van der Waals surface area contributed by atoms with Crippen LogP contribution in [0.3, 0.4) is 0 Å². The van der Waals surface area contributed by atoms with Crippen molar-refractivity contribution in [2.24, 2.45) is 5.92 Å². The lowest BCUT2D eigenvalue weighted by Crippen LogP contribution is -2.42. The Kier molecular flexibility index (Phi) is 5.34. The molecule has 128 valence electrons. The molecule has 0 N–H and O–H groups in total. The SMILES string of the molecule is CN(CC1CCN(C(=O)c2ccoc2)CC1)C(=O)OC(C)(C)C. The Morgan fingerprint density at radius 1 is 1.35 bits per heavy atom. The van der Waals surface area contributed by atoms with Crippen LogP contribution in [0.25, 0.3) is 0 Å². The molecule has 0 saturated carbocycles. The lowest BCUT2D eigenvalue weighted by molar-refractivity contribution is 0.0246. The molecule has 2 amide bonds. The number of carbonyl (C=O) groups excluding carboxylic acids is 2. The second kappa shape index (κ2) is 7.06. The highest BCUT2D eigenvalue weighted by molar-refractivity contribution is 5.93. The number of furan rings is 1. The molecule has 1 saturated heterocycles. The average Bonchev–Trinajstić information content (AvgIpc) is 2.99. The smallest absolute Gasteiger partial charge is 0.410 e. The van der Waals surface area contributed by atoms with Crippen LogP contribution in [0, 0.1) is 5.92 Å². The quantitative estimate of drug-likeness (QED) is 0.858. The molecule has 1 aliphatic heterocycles. The number of piperidine rings is 1. The van der Waals surface area contributed by atoms with Crippen LogP contribution in [0.2, 0.25) is 0 Å². The van der Waals surface area contributed by atoms with Crippen molar-refractivity contribution < 1.29 is 18.7 Å². The lowest BCUT2D eigenvalue weighted by Gasteiger charge is -2.34. The van der Waals surface area contributed by atoms with Crippen molar-refractivity contribution >= 4 is 12.0 Å². The van der Waals surface area contributed by atoms with Crippen molar-refractivity contribution in [1.29, 1.82) is 0 Å². The number of hydrogen-bond acceptors (Lipinski definition) is 4. The predicted octanol–water partition coefficient (Wildman–Crippen LogP) is 3.00. The Bertz CT molecular complexity index is 525. The van der Waals surface area contributed by atoms with Gasteiger partial charge in [-0.15, -0.1) is 0 Å². The van der Waals surface area contributed by atoms with Crippen LogP contribution in [-0.2, 0) is 4.74 Å². The van der Waals surface area contributed by atoms with Gasteiger partial charge in [0.15, 0.2) is 0 Å². The van der Waals surface area contributed by atoms with Gasteiger partial charge in [-0.25, -0.2) is 4.79 Å². The van der Waals surface area contributed by atoms with Crippen molar-refractivity contribution in [1.82, 2.24) is 9.80 Å². The summed E-state index contributed by atoms with van der Waals surface area (Å²) in [5.41, 5.74) is 0.112. The third-order valence-electron chi connectivity index (χ3n) is 3.91. The van der Waals surface area contributed by atoms with Gasteiger partial charge in [-0.3, -0.25) is 4.79 Å². The molecule has 1 fully saturated rings. The largest absolute Gasteiger partial charge is 0.472 e. The van der Waals surface area contributed by atoms with Gasteiger partial charge in [-0.2, -0.15) is 0 Å². The zero-order valence-corrected chi connectivity index (χ0v) is 14.4. The summed E-state index contributed by atoms with van der Waals surface area (Å²) < 4.78 is 10.3. The van der Waals surface area contributed by atoms with Gasteiger partial charge in [0.05, 0.1) is 11.8 Å². The molecule has 0 atom stereocenters. The molecule has 6 nitrogen and oxygen atoms in total. The van der Waals surface area contributed by atoms with Crippen molar-refractivity contribution in [3.63, 3.8) is 0 Å².